The predicted molar refractivity (Wildman–Crippen MR) is 126 cm³/mol. The van der Waals surface area contributed by atoms with Crippen LogP contribution in [-0.2, 0) is 4.79 Å². The van der Waals surface area contributed by atoms with Crippen LogP contribution in [0.4, 0.5) is 10.8 Å². The van der Waals surface area contributed by atoms with Crippen LogP contribution in [0.2, 0.25) is 0 Å². The minimum atomic E-state index is -0.0921. The van der Waals surface area contributed by atoms with Gasteiger partial charge in [-0.1, -0.05) is 53.8 Å². The van der Waals surface area contributed by atoms with Crippen molar-refractivity contribution in [1.29, 1.82) is 0 Å². The van der Waals surface area contributed by atoms with Gasteiger partial charge in [0.15, 0.2) is 10.9 Å². The van der Waals surface area contributed by atoms with Crippen LogP contribution in [0, 0.1) is 5.92 Å². The molecule has 156 valence electrons. The Kier molecular flexibility index (Phi) is 5.54. The van der Waals surface area contributed by atoms with E-state index >= 15 is 0 Å². The van der Waals surface area contributed by atoms with E-state index < -0.39 is 0 Å². The Hall–Kier alpha value is -3.38. The Bertz CT molecular complexity index is 1160. The van der Waals surface area contributed by atoms with E-state index in [2.05, 4.69) is 16.3 Å². The molecule has 0 saturated carbocycles. The summed E-state index contributed by atoms with van der Waals surface area (Å²) >= 11 is 1.69. The molecule has 1 amide bonds. The second-order valence-electron chi connectivity index (χ2n) is 7.65. The van der Waals surface area contributed by atoms with E-state index in [0.717, 1.165) is 35.8 Å². The number of rotatable bonds is 5. The third-order valence-corrected chi connectivity index (χ3v) is 6.56. The van der Waals surface area contributed by atoms with Gasteiger partial charge in [-0.3, -0.25) is 4.79 Å². The van der Waals surface area contributed by atoms with Crippen molar-refractivity contribution in [2.45, 2.75) is 12.8 Å². The molecule has 0 radical (unpaired) electrons. The first-order valence-corrected chi connectivity index (χ1v) is 11.3. The SMILES string of the molecule is O=C(Nc1ccccc1Oc1ccccc1)C1CCCN(c2nc3ccccc3s2)C1. The van der Waals surface area contributed by atoms with Crippen molar-refractivity contribution in [3.05, 3.63) is 78.9 Å². The van der Waals surface area contributed by atoms with Crippen molar-refractivity contribution in [1.82, 2.24) is 4.98 Å². The van der Waals surface area contributed by atoms with Crippen LogP contribution < -0.4 is 15.0 Å². The van der Waals surface area contributed by atoms with Crippen LogP contribution >= 0.6 is 11.3 Å². The number of nitrogens with zero attached hydrogens (tertiary/aromatic N) is 2. The molecule has 1 aromatic heterocycles. The zero-order valence-electron chi connectivity index (χ0n) is 17.0. The van der Waals surface area contributed by atoms with E-state index in [4.69, 9.17) is 9.72 Å². The second kappa shape index (κ2) is 8.78. The van der Waals surface area contributed by atoms with Gasteiger partial charge in [0.2, 0.25) is 5.91 Å². The fourth-order valence-electron chi connectivity index (χ4n) is 3.87. The third-order valence-electron chi connectivity index (χ3n) is 5.46. The number of nitrogens with one attached hydrogen (secondary N) is 1. The Labute approximate surface area is 185 Å². The van der Waals surface area contributed by atoms with Crippen LogP contribution in [0.15, 0.2) is 78.9 Å². The Morgan fingerprint density at radius 2 is 1.77 bits per heavy atom. The molecule has 1 N–H and O–H groups in total. The van der Waals surface area contributed by atoms with Crippen molar-refractivity contribution >= 4 is 38.3 Å². The van der Waals surface area contributed by atoms with E-state index in [-0.39, 0.29) is 11.8 Å². The van der Waals surface area contributed by atoms with Crippen LogP contribution in [0.3, 0.4) is 0 Å². The number of hydrogen-bond donors (Lipinski definition) is 1. The van der Waals surface area contributed by atoms with E-state index in [1.54, 1.807) is 11.3 Å². The molecular formula is C25H23N3O2S. The Morgan fingerprint density at radius 3 is 2.65 bits per heavy atom. The standard InChI is InChI=1S/C25H23N3O2S/c29-24(26-20-12-4-6-14-22(20)30-19-10-2-1-3-11-19)18-9-8-16-28(17-18)25-27-21-13-5-7-15-23(21)31-25/h1-7,10-15,18H,8-9,16-17H2,(H,26,29). The van der Waals surface area contributed by atoms with Gasteiger partial charge in [-0.15, -0.1) is 0 Å². The lowest BCUT2D eigenvalue weighted by Crippen LogP contribution is -2.40. The lowest BCUT2D eigenvalue weighted by molar-refractivity contribution is -0.120. The monoisotopic (exact) mass is 429 g/mol. The molecule has 1 aliphatic rings. The molecule has 0 bridgehead atoms. The van der Waals surface area contributed by atoms with E-state index in [0.29, 0.717) is 18.0 Å². The minimum absolute atomic E-state index is 0.0231. The highest BCUT2D eigenvalue weighted by atomic mass is 32.1. The number of aromatic nitrogens is 1. The molecule has 0 aliphatic carbocycles. The fourth-order valence-corrected chi connectivity index (χ4v) is 4.87. The summed E-state index contributed by atoms with van der Waals surface area (Å²) in [6.07, 6.45) is 1.84. The van der Waals surface area contributed by atoms with E-state index in [9.17, 15) is 4.79 Å². The number of carbonyl (C=O) groups excluding carboxylic acids is 1. The minimum Gasteiger partial charge on any atom is -0.455 e. The number of anilines is 2. The van der Waals surface area contributed by atoms with Crippen molar-refractivity contribution < 1.29 is 9.53 Å². The topological polar surface area (TPSA) is 54.5 Å². The summed E-state index contributed by atoms with van der Waals surface area (Å²) in [6.45, 7) is 1.60. The Balaban J connectivity index is 1.29. The van der Waals surface area contributed by atoms with Gasteiger partial charge in [0.05, 0.1) is 21.8 Å². The normalized spacial score (nSPS) is 16.3. The molecule has 31 heavy (non-hydrogen) atoms. The molecule has 6 heteroatoms. The third kappa shape index (κ3) is 4.39. The number of carbonyl (C=O) groups is 1. The molecule has 0 spiro atoms. The molecule has 1 aliphatic heterocycles. The van der Waals surface area contributed by atoms with Crippen LogP contribution in [0.5, 0.6) is 11.5 Å². The summed E-state index contributed by atoms with van der Waals surface area (Å²) in [6, 6.07) is 25.3. The fraction of sp³-hybridized carbons (Fsp3) is 0.200. The van der Waals surface area contributed by atoms with Crippen molar-refractivity contribution in [3.63, 3.8) is 0 Å². The van der Waals surface area contributed by atoms with Gasteiger partial charge in [-0.05, 0) is 49.2 Å². The van der Waals surface area contributed by atoms with Crippen LogP contribution in [0.25, 0.3) is 10.2 Å². The summed E-state index contributed by atoms with van der Waals surface area (Å²) in [5.41, 5.74) is 1.70. The maximum atomic E-state index is 13.1. The van der Waals surface area contributed by atoms with E-state index in [1.807, 2.05) is 72.8 Å². The maximum Gasteiger partial charge on any atom is 0.229 e. The highest BCUT2D eigenvalue weighted by Crippen LogP contribution is 2.33. The molecule has 3 aromatic carbocycles. The molecule has 5 rings (SSSR count). The summed E-state index contributed by atoms with van der Waals surface area (Å²) in [5.74, 6) is 1.31. The van der Waals surface area contributed by atoms with E-state index in [1.165, 1.54) is 4.70 Å². The first-order valence-electron chi connectivity index (χ1n) is 10.5. The predicted octanol–water partition coefficient (Wildman–Crippen LogP) is 5.94. The van der Waals surface area contributed by atoms with Crippen molar-refractivity contribution in [2.24, 2.45) is 5.92 Å². The smallest absolute Gasteiger partial charge is 0.229 e. The first-order chi connectivity index (χ1) is 15.3. The Morgan fingerprint density at radius 1 is 1.00 bits per heavy atom. The average Bonchev–Trinajstić information content (AvgIpc) is 3.26. The van der Waals surface area contributed by atoms with Crippen molar-refractivity contribution in [3.8, 4) is 11.5 Å². The van der Waals surface area contributed by atoms with Gasteiger partial charge in [-0.25, -0.2) is 4.98 Å². The van der Waals surface area contributed by atoms with Gasteiger partial charge in [0.25, 0.3) is 0 Å². The first kappa shape index (κ1) is 19.6. The zero-order chi connectivity index (χ0) is 21.0. The molecule has 4 aromatic rings. The number of thiazole rings is 1. The summed E-state index contributed by atoms with van der Waals surface area (Å²) in [7, 11) is 0. The summed E-state index contributed by atoms with van der Waals surface area (Å²) in [4.78, 5) is 20.1. The average molecular weight is 430 g/mol. The number of fused-ring (bicyclic) bond motifs is 1. The summed E-state index contributed by atoms with van der Waals surface area (Å²) in [5, 5.41) is 4.08. The molecule has 1 unspecified atom stereocenters. The van der Waals surface area contributed by atoms with Crippen molar-refractivity contribution in [2.75, 3.05) is 23.3 Å². The molecule has 2 heterocycles. The highest BCUT2D eigenvalue weighted by molar-refractivity contribution is 7.22. The van der Waals surface area contributed by atoms with Gasteiger partial charge in [0.1, 0.15) is 5.75 Å². The lowest BCUT2D eigenvalue weighted by Gasteiger charge is -2.31. The quantitative estimate of drug-likeness (QED) is 0.426. The molecule has 1 saturated heterocycles. The number of amides is 1. The van der Waals surface area contributed by atoms with Crippen LogP contribution in [0.1, 0.15) is 12.8 Å². The summed E-state index contributed by atoms with van der Waals surface area (Å²) < 4.78 is 7.17. The number of ether oxygens (including phenoxy) is 1. The van der Waals surface area contributed by atoms with Gasteiger partial charge < -0.3 is 15.0 Å². The number of benzene rings is 3. The van der Waals surface area contributed by atoms with Gasteiger partial charge in [-0.2, -0.15) is 0 Å². The number of hydrogen-bond acceptors (Lipinski definition) is 5. The molecule has 5 nitrogen and oxygen atoms in total. The lowest BCUT2D eigenvalue weighted by atomic mass is 9.97. The molecule has 1 atom stereocenters. The number of piperidine rings is 1. The number of para-hydroxylation sites is 4. The largest absolute Gasteiger partial charge is 0.455 e. The van der Waals surface area contributed by atoms with Gasteiger partial charge >= 0.3 is 0 Å². The highest BCUT2D eigenvalue weighted by Gasteiger charge is 2.28. The maximum absolute atomic E-state index is 13.1. The molecule has 1 fully saturated rings. The zero-order valence-corrected chi connectivity index (χ0v) is 17.8. The second-order valence-corrected chi connectivity index (χ2v) is 8.66. The van der Waals surface area contributed by atoms with Crippen LogP contribution in [-0.4, -0.2) is 24.0 Å². The molecular weight excluding hydrogens is 406 g/mol. The van der Waals surface area contributed by atoms with Gasteiger partial charge in [0, 0.05) is 13.1 Å².